The minimum Gasteiger partial charge on any atom is -0.277 e. The SMILES string of the molecule is CC=NC1[C@H](CS)N1C. The van der Waals surface area contributed by atoms with Crippen LogP contribution in [0.3, 0.4) is 0 Å². The molecule has 0 radical (unpaired) electrons. The first-order valence-corrected chi connectivity index (χ1v) is 3.75. The molecule has 1 fully saturated rings. The summed E-state index contributed by atoms with van der Waals surface area (Å²) in [5, 5.41) is 0. The predicted molar refractivity (Wildman–Crippen MR) is 43.4 cm³/mol. The number of likely N-dealkylation sites (N-methyl/N-ethyl adjacent to an activating group) is 1. The van der Waals surface area contributed by atoms with E-state index in [0.717, 1.165) is 5.75 Å². The lowest BCUT2D eigenvalue weighted by Crippen LogP contribution is -1.93. The zero-order valence-corrected chi connectivity index (χ0v) is 6.68. The van der Waals surface area contributed by atoms with Gasteiger partial charge in [0, 0.05) is 5.75 Å². The molecule has 1 heterocycles. The summed E-state index contributed by atoms with van der Waals surface area (Å²) in [4.78, 5) is 6.42. The molecule has 1 aliphatic rings. The van der Waals surface area contributed by atoms with Crippen molar-refractivity contribution >= 4 is 18.8 Å². The second-order valence-corrected chi connectivity index (χ2v) is 2.60. The molecule has 1 aliphatic heterocycles. The van der Waals surface area contributed by atoms with Crippen LogP contribution < -0.4 is 0 Å². The van der Waals surface area contributed by atoms with Crippen molar-refractivity contribution in [1.82, 2.24) is 4.90 Å². The summed E-state index contributed by atoms with van der Waals surface area (Å²) in [5.74, 6) is 0.915. The second kappa shape index (κ2) is 2.71. The van der Waals surface area contributed by atoms with Crippen molar-refractivity contribution in [2.45, 2.75) is 19.1 Å². The monoisotopic (exact) mass is 144 g/mol. The Morgan fingerprint density at radius 1 is 1.78 bits per heavy atom. The number of aliphatic imine (C=N–C) groups is 1. The van der Waals surface area contributed by atoms with Crippen molar-refractivity contribution in [2.75, 3.05) is 12.8 Å². The Kier molecular flexibility index (Phi) is 2.13. The Balaban J connectivity index is 2.33. The normalized spacial score (nSPS) is 41.9. The fraction of sp³-hybridized carbons (Fsp3) is 0.833. The van der Waals surface area contributed by atoms with Crippen molar-refractivity contribution in [3.8, 4) is 0 Å². The Bertz CT molecular complexity index is 124. The number of rotatable bonds is 2. The fourth-order valence-corrected chi connectivity index (χ4v) is 1.41. The summed E-state index contributed by atoms with van der Waals surface area (Å²) in [5.41, 5.74) is 0. The minimum absolute atomic E-state index is 0.424. The van der Waals surface area contributed by atoms with Crippen LogP contribution in [0.15, 0.2) is 4.99 Å². The lowest BCUT2D eigenvalue weighted by atomic mass is 10.5. The molecule has 0 aromatic rings. The molecule has 0 amide bonds. The molecular formula is C6H12N2S. The predicted octanol–water partition coefficient (Wildman–Crippen LogP) is 0.647. The highest BCUT2D eigenvalue weighted by molar-refractivity contribution is 7.80. The van der Waals surface area contributed by atoms with Crippen LogP contribution in [-0.2, 0) is 0 Å². The third kappa shape index (κ3) is 1.27. The quantitative estimate of drug-likeness (QED) is 0.342. The molecule has 1 saturated heterocycles. The zero-order valence-electron chi connectivity index (χ0n) is 5.78. The minimum atomic E-state index is 0.424. The molecule has 0 aromatic heterocycles. The Hall–Kier alpha value is -0.0200. The smallest absolute Gasteiger partial charge is 0.118 e. The molecule has 0 spiro atoms. The van der Waals surface area contributed by atoms with Crippen LogP contribution in [0, 0.1) is 0 Å². The van der Waals surface area contributed by atoms with Crippen molar-refractivity contribution in [3.63, 3.8) is 0 Å². The maximum atomic E-state index is 4.22. The van der Waals surface area contributed by atoms with Gasteiger partial charge in [-0.25, -0.2) is 0 Å². The van der Waals surface area contributed by atoms with Gasteiger partial charge in [0.05, 0.1) is 6.04 Å². The van der Waals surface area contributed by atoms with Gasteiger partial charge in [0.1, 0.15) is 6.17 Å². The number of nitrogens with zero attached hydrogens (tertiary/aromatic N) is 2. The van der Waals surface area contributed by atoms with Crippen LogP contribution in [-0.4, -0.2) is 36.1 Å². The third-order valence-electron chi connectivity index (χ3n) is 1.68. The molecule has 0 saturated carbocycles. The summed E-state index contributed by atoms with van der Waals surface area (Å²) < 4.78 is 0. The van der Waals surface area contributed by atoms with Gasteiger partial charge >= 0.3 is 0 Å². The van der Waals surface area contributed by atoms with Crippen LogP contribution in [0.5, 0.6) is 0 Å². The van der Waals surface area contributed by atoms with E-state index >= 15 is 0 Å². The lowest BCUT2D eigenvalue weighted by Gasteiger charge is -1.81. The van der Waals surface area contributed by atoms with Crippen LogP contribution in [0.25, 0.3) is 0 Å². The summed E-state index contributed by atoms with van der Waals surface area (Å²) in [7, 11) is 2.07. The highest BCUT2D eigenvalue weighted by Crippen LogP contribution is 2.26. The van der Waals surface area contributed by atoms with Crippen molar-refractivity contribution < 1.29 is 0 Å². The van der Waals surface area contributed by atoms with E-state index in [0.29, 0.717) is 12.2 Å². The van der Waals surface area contributed by atoms with Crippen molar-refractivity contribution in [2.24, 2.45) is 4.99 Å². The maximum absolute atomic E-state index is 4.22. The van der Waals surface area contributed by atoms with Crippen molar-refractivity contribution in [3.05, 3.63) is 0 Å². The van der Waals surface area contributed by atoms with E-state index in [1.807, 2.05) is 13.1 Å². The van der Waals surface area contributed by atoms with E-state index in [1.54, 1.807) is 0 Å². The first kappa shape index (κ1) is 7.09. The number of hydrogen-bond donors (Lipinski definition) is 1. The van der Waals surface area contributed by atoms with E-state index in [2.05, 4.69) is 29.6 Å². The van der Waals surface area contributed by atoms with Gasteiger partial charge in [-0.2, -0.15) is 12.6 Å². The molecule has 1 rings (SSSR count). The molecule has 0 aliphatic carbocycles. The van der Waals surface area contributed by atoms with Gasteiger partial charge in [-0.05, 0) is 20.2 Å². The van der Waals surface area contributed by atoms with Crippen LogP contribution >= 0.6 is 12.6 Å². The molecule has 3 atom stereocenters. The Morgan fingerprint density at radius 2 is 2.44 bits per heavy atom. The van der Waals surface area contributed by atoms with E-state index in [1.165, 1.54) is 0 Å². The van der Waals surface area contributed by atoms with Crippen LogP contribution in [0.4, 0.5) is 0 Å². The molecule has 2 unspecified atom stereocenters. The van der Waals surface area contributed by atoms with Gasteiger partial charge in [0.2, 0.25) is 0 Å². The first-order chi connectivity index (χ1) is 4.31. The largest absolute Gasteiger partial charge is 0.277 e. The van der Waals surface area contributed by atoms with E-state index in [-0.39, 0.29) is 0 Å². The van der Waals surface area contributed by atoms with E-state index in [4.69, 9.17) is 0 Å². The molecule has 52 valence electrons. The highest BCUT2D eigenvalue weighted by Gasteiger charge is 2.42. The highest BCUT2D eigenvalue weighted by atomic mass is 32.1. The zero-order chi connectivity index (χ0) is 6.85. The first-order valence-electron chi connectivity index (χ1n) is 3.12. The average Bonchev–Trinajstić information content (AvgIpc) is 2.44. The molecule has 9 heavy (non-hydrogen) atoms. The van der Waals surface area contributed by atoms with E-state index in [9.17, 15) is 0 Å². The molecule has 0 bridgehead atoms. The summed E-state index contributed by atoms with van der Waals surface area (Å²) in [6, 6.07) is 0.588. The summed E-state index contributed by atoms with van der Waals surface area (Å²) >= 11 is 4.17. The second-order valence-electron chi connectivity index (χ2n) is 2.24. The standard InChI is InChI=1S/C6H12N2S/c1-3-7-6-5(4-9)8(6)2/h3,5-6,9H,4H2,1-2H3/t5-,6?,8?/m0/s1. The summed E-state index contributed by atoms with van der Waals surface area (Å²) in [6.45, 7) is 1.95. The van der Waals surface area contributed by atoms with Crippen molar-refractivity contribution in [1.29, 1.82) is 0 Å². The molecular weight excluding hydrogens is 132 g/mol. The lowest BCUT2D eigenvalue weighted by molar-refractivity contribution is 0.601. The number of thiol groups is 1. The van der Waals surface area contributed by atoms with Gasteiger partial charge in [-0.15, -0.1) is 0 Å². The van der Waals surface area contributed by atoms with Gasteiger partial charge in [0.15, 0.2) is 0 Å². The maximum Gasteiger partial charge on any atom is 0.118 e. The van der Waals surface area contributed by atoms with E-state index < -0.39 is 0 Å². The molecule has 3 heteroatoms. The Morgan fingerprint density at radius 3 is 2.78 bits per heavy atom. The molecule has 2 nitrogen and oxygen atoms in total. The molecule has 0 aromatic carbocycles. The topological polar surface area (TPSA) is 15.4 Å². The third-order valence-corrected chi connectivity index (χ3v) is 2.06. The van der Waals surface area contributed by atoms with Gasteiger partial charge < -0.3 is 0 Å². The summed E-state index contributed by atoms with van der Waals surface area (Å²) in [6.07, 6.45) is 2.28. The van der Waals surface area contributed by atoms with Crippen LogP contribution in [0.2, 0.25) is 0 Å². The van der Waals surface area contributed by atoms with Gasteiger partial charge in [0.25, 0.3) is 0 Å². The average molecular weight is 144 g/mol. The van der Waals surface area contributed by atoms with Gasteiger partial charge in [-0.1, -0.05) is 0 Å². The molecule has 0 N–H and O–H groups in total. The number of hydrogen-bond acceptors (Lipinski definition) is 3. The van der Waals surface area contributed by atoms with Gasteiger partial charge in [-0.3, -0.25) is 9.89 Å². The van der Waals surface area contributed by atoms with Crippen LogP contribution in [0.1, 0.15) is 6.92 Å². The fourth-order valence-electron chi connectivity index (χ4n) is 0.966. The Labute approximate surface area is 61.4 Å².